The van der Waals surface area contributed by atoms with E-state index in [-0.39, 0.29) is 18.3 Å². The standard InChI is InChI=1S/C15H18FN5O/c16-14-3-1-13(2-4-14)9-19-5-7-20(8-6-19)15(22)10-21-12-17-11-18-21/h1-4,11-12H,5-10H2. The van der Waals surface area contributed by atoms with Gasteiger partial charge in [-0.05, 0) is 17.7 Å². The molecule has 1 aliphatic rings. The van der Waals surface area contributed by atoms with Crippen LogP contribution in [0, 0.1) is 5.82 Å². The SMILES string of the molecule is O=C(Cn1cncn1)N1CCN(Cc2ccc(F)cc2)CC1. The summed E-state index contributed by atoms with van der Waals surface area (Å²) in [5.41, 5.74) is 1.09. The van der Waals surface area contributed by atoms with Gasteiger partial charge in [0.25, 0.3) is 0 Å². The summed E-state index contributed by atoms with van der Waals surface area (Å²) in [5, 5.41) is 3.95. The van der Waals surface area contributed by atoms with Crippen LogP contribution < -0.4 is 0 Å². The minimum atomic E-state index is -0.215. The van der Waals surface area contributed by atoms with Crippen LogP contribution in [0.15, 0.2) is 36.9 Å². The normalized spacial score (nSPS) is 16.0. The third kappa shape index (κ3) is 3.67. The lowest BCUT2D eigenvalue weighted by Gasteiger charge is -2.34. The summed E-state index contributed by atoms with van der Waals surface area (Å²) < 4.78 is 14.4. The number of nitrogens with zero attached hydrogens (tertiary/aromatic N) is 5. The van der Waals surface area contributed by atoms with E-state index in [1.807, 2.05) is 4.90 Å². The molecule has 1 amide bonds. The van der Waals surface area contributed by atoms with Gasteiger partial charge >= 0.3 is 0 Å². The zero-order valence-corrected chi connectivity index (χ0v) is 12.2. The first-order valence-electron chi connectivity index (χ1n) is 7.28. The van der Waals surface area contributed by atoms with Crippen molar-refractivity contribution in [1.82, 2.24) is 24.6 Å². The molecule has 0 spiro atoms. The lowest BCUT2D eigenvalue weighted by Crippen LogP contribution is -2.49. The fraction of sp³-hybridized carbons (Fsp3) is 0.400. The molecule has 1 aliphatic heterocycles. The van der Waals surface area contributed by atoms with Crippen molar-refractivity contribution in [2.45, 2.75) is 13.1 Å². The van der Waals surface area contributed by atoms with Gasteiger partial charge in [0.2, 0.25) is 5.91 Å². The van der Waals surface area contributed by atoms with Gasteiger partial charge < -0.3 is 4.90 Å². The second kappa shape index (κ2) is 6.65. The number of piperazine rings is 1. The molecule has 2 aromatic rings. The first-order chi connectivity index (χ1) is 10.7. The molecule has 1 fully saturated rings. The molecule has 0 radical (unpaired) electrons. The Kier molecular flexibility index (Phi) is 4.43. The number of carbonyl (C=O) groups is 1. The van der Waals surface area contributed by atoms with E-state index in [2.05, 4.69) is 15.0 Å². The van der Waals surface area contributed by atoms with Crippen molar-refractivity contribution in [2.24, 2.45) is 0 Å². The Hall–Kier alpha value is -2.28. The van der Waals surface area contributed by atoms with Crippen molar-refractivity contribution in [2.75, 3.05) is 26.2 Å². The number of carbonyl (C=O) groups excluding carboxylic acids is 1. The molecule has 1 aromatic carbocycles. The lowest BCUT2D eigenvalue weighted by molar-refractivity contribution is -0.133. The fourth-order valence-corrected chi connectivity index (χ4v) is 2.56. The Balaban J connectivity index is 1.47. The highest BCUT2D eigenvalue weighted by Gasteiger charge is 2.21. The molecule has 0 saturated carbocycles. The van der Waals surface area contributed by atoms with Crippen molar-refractivity contribution in [3.05, 3.63) is 48.3 Å². The average molecular weight is 303 g/mol. The minimum absolute atomic E-state index is 0.0620. The van der Waals surface area contributed by atoms with Crippen LogP contribution in [0.2, 0.25) is 0 Å². The van der Waals surface area contributed by atoms with Gasteiger partial charge in [-0.15, -0.1) is 0 Å². The van der Waals surface area contributed by atoms with Gasteiger partial charge in [0.15, 0.2) is 0 Å². The number of rotatable bonds is 4. The predicted octanol–water partition coefficient (Wildman–Crippen LogP) is 0.762. The molecule has 22 heavy (non-hydrogen) atoms. The molecule has 0 unspecified atom stereocenters. The average Bonchev–Trinajstić information content (AvgIpc) is 3.03. The lowest BCUT2D eigenvalue weighted by atomic mass is 10.2. The molecular formula is C15H18FN5O. The zero-order chi connectivity index (χ0) is 15.4. The Morgan fingerprint density at radius 1 is 1.14 bits per heavy atom. The molecule has 116 valence electrons. The van der Waals surface area contributed by atoms with Crippen LogP contribution in [0.4, 0.5) is 4.39 Å². The summed E-state index contributed by atoms with van der Waals surface area (Å²) >= 11 is 0. The van der Waals surface area contributed by atoms with Crippen LogP contribution in [0.1, 0.15) is 5.56 Å². The molecule has 0 atom stereocenters. The van der Waals surface area contributed by atoms with E-state index in [1.165, 1.54) is 23.1 Å². The molecule has 0 N–H and O–H groups in total. The molecule has 0 aliphatic carbocycles. The van der Waals surface area contributed by atoms with E-state index in [1.54, 1.807) is 18.5 Å². The largest absolute Gasteiger partial charge is 0.339 e. The smallest absolute Gasteiger partial charge is 0.244 e. The molecule has 0 bridgehead atoms. The summed E-state index contributed by atoms with van der Waals surface area (Å²) in [6.45, 7) is 4.06. The van der Waals surface area contributed by atoms with E-state index in [9.17, 15) is 9.18 Å². The Morgan fingerprint density at radius 2 is 1.86 bits per heavy atom. The Morgan fingerprint density at radius 3 is 2.50 bits per heavy atom. The molecule has 3 rings (SSSR count). The van der Waals surface area contributed by atoms with E-state index in [0.29, 0.717) is 13.1 Å². The highest BCUT2D eigenvalue weighted by atomic mass is 19.1. The van der Waals surface area contributed by atoms with Crippen LogP contribution >= 0.6 is 0 Å². The second-order valence-corrected chi connectivity index (χ2v) is 5.38. The summed E-state index contributed by atoms with van der Waals surface area (Å²) in [6, 6.07) is 6.57. The number of benzene rings is 1. The first-order valence-corrected chi connectivity index (χ1v) is 7.28. The van der Waals surface area contributed by atoms with E-state index >= 15 is 0 Å². The summed E-state index contributed by atoms with van der Waals surface area (Å²) in [4.78, 5) is 20.1. The highest BCUT2D eigenvalue weighted by molar-refractivity contribution is 5.76. The predicted molar refractivity (Wildman–Crippen MR) is 78.3 cm³/mol. The second-order valence-electron chi connectivity index (χ2n) is 5.38. The maximum Gasteiger partial charge on any atom is 0.244 e. The maximum atomic E-state index is 12.9. The monoisotopic (exact) mass is 303 g/mol. The number of aromatic nitrogens is 3. The number of hydrogen-bond acceptors (Lipinski definition) is 4. The van der Waals surface area contributed by atoms with Crippen LogP contribution in [0.25, 0.3) is 0 Å². The van der Waals surface area contributed by atoms with Crippen LogP contribution in [-0.2, 0) is 17.9 Å². The number of hydrogen-bond donors (Lipinski definition) is 0. The Bertz CT molecular complexity index is 605. The van der Waals surface area contributed by atoms with Gasteiger partial charge in [-0.3, -0.25) is 9.69 Å². The zero-order valence-electron chi connectivity index (χ0n) is 12.2. The molecule has 6 nitrogen and oxygen atoms in total. The topological polar surface area (TPSA) is 54.3 Å². The third-order valence-electron chi connectivity index (χ3n) is 3.81. The molecule has 1 saturated heterocycles. The van der Waals surface area contributed by atoms with Crippen LogP contribution in [-0.4, -0.2) is 56.7 Å². The fourth-order valence-electron chi connectivity index (χ4n) is 2.56. The van der Waals surface area contributed by atoms with Crippen LogP contribution in [0.5, 0.6) is 0 Å². The van der Waals surface area contributed by atoms with Crippen molar-refractivity contribution in [1.29, 1.82) is 0 Å². The van der Waals surface area contributed by atoms with Crippen molar-refractivity contribution in [3.63, 3.8) is 0 Å². The number of amides is 1. The molecule has 2 heterocycles. The summed E-state index contributed by atoms with van der Waals surface area (Å²) in [6.07, 6.45) is 2.97. The van der Waals surface area contributed by atoms with Crippen LogP contribution in [0.3, 0.4) is 0 Å². The number of halogens is 1. The van der Waals surface area contributed by atoms with E-state index < -0.39 is 0 Å². The Labute approximate surface area is 128 Å². The first kappa shape index (κ1) is 14.6. The molecule has 7 heteroatoms. The van der Waals surface area contributed by atoms with Gasteiger partial charge in [0.1, 0.15) is 25.0 Å². The third-order valence-corrected chi connectivity index (χ3v) is 3.81. The van der Waals surface area contributed by atoms with E-state index in [0.717, 1.165) is 25.2 Å². The highest BCUT2D eigenvalue weighted by Crippen LogP contribution is 2.10. The van der Waals surface area contributed by atoms with Gasteiger partial charge in [-0.25, -0.2) is 14.1 Å². The van der Waals surface area contributed by atoms with Crippen molar-refractivity contribution in [3.8, 4) is 0 Å². The van der Waals surface area contributed by atoms with Gasteiger partial charge in [-0.2, -0.15) is 5.10 Å². The van der Waals surface area contributed by atoms with Gasteiger partial charge in [-0.1, -0.05) is 12.1 Å². The van der Waals surface area contributed by atoms with Crippen molar-refractivity contribution < 1.29 is 9.18 Å². The molecule has 1 aromatic heterocycles. The van der Waals surface area contributed by atoms with Crippen molar-refractivity contribution >= 4 is 5.91 Å². The summed E-state index contributed by atoms with van der Waals surface area (Å²) in [5.74, 6) is -0.154. The van der Waals surface area contributed by atoms with Gasteiger partial charge in [0.05, 0.1) is 0 Å². The minimum Gasteiger partial charge on any atom is -0.339 e. The summed E-state index contributed by atoms with van der Waals surface area (Å²) in [7, 11) is 0. The van der Waals surface area contributed by atoms with E-state index in [4.69, 9.17) is 0 Å². The quantitative estimate of drug-likeness (QED) is 0.837. The maximum absolute atomic E-state index is 12.9. The molecular weight excluding hydrogens is 285 g/mol. The van der Waals surface area contributed by atoms with Gasteiger partial charge in [0, 0.05) is 32.7 Å².